The number of urea groups is 1. The van der Waals surface area contributed by atoms with Crippen LogP contribution in [0.4, 0.5) is 21.9 Å². The summed E-state index contributed by atoms with van der Waals surface area (Å²) >= 11 is 0. The van der Waals surface area contributed by atoms with Crippen molar-refractivity contribution in [1.82, 2.24) is 5.32 Å². The van der Waals surface area contributed by atoms with Crippen LogP contribution in [0.5, 0.6) is 5.75 Å². The summed E-state index contributed by atoms with van der Waals surface area (Å²) in [5.41, 5.74) is 1.96. The van der Waals surface area contributed by atoms with Gasteiger partial charge in [-0.2, -0.15) is 0 Å². The molecule has 0 fully saturated rings. The summed E-state index contributed by atoms with van der Waals surface area (Å²) in [6, 6.07) is 17.2. The topological polar surface area (TPSA) is 126 Å². The van der Waals surface area contributed by atoms with Gasteiger partial charge in [-0.05, 0) is 80.9 Å². The van der Waals surface area contributed by atoms with Gasteiger partial charge < -0.3 is 20.7 Å². The van der Waals surface area contributed by atoms with Crippen LogP contribution in [-0.2, 0) is 10.0 Å². The number of sulfonamides is 1. The number of anilines is 3. The third kappa shape index (κ3) is 6.97. The van der Waals surface area contributed by atoms with Crippen molar-refractivity contribution in [1.29, 1.82) is 0 Å². The molecule has 0 aliphatic carbocycles. The number of rotatable bonds is 8. The van der Waals surface area contributed by atoms with Gasteiger partial charge in [-0.3, -0.25) is 9.52 Å². The number of nitrogens with one attached hydrogen (secondary N) is 4. The molecule has 0 atom stereocenters. The van der Waals surface area contributed by atoms with Gasteiger partial charge in [-0.1, -0.05) is 12.1 Å². The molecule has 0 aromatic heterocycles. The first-order valence-corrected chi connectivity index (χ1v) is 12.3. The van der Waals surface area contributed by atoms with Gasteiger partial charge in [0, 0.05) is 28.7 Å². The molecule has 35 heavy (non-hydrogen) atoms. The van der Waals surface area contributed by atoms with Gasteiger partial charge >= 0.3 is 6.03 Å². The van der Waals surface area contributed by atoms with E-state index in [4.69, 9.17) is 4.74 Å². The Morgan fingerprint density at radius 3 is 2.17 bits per heavy atom. The summed E-state index contributed by atoms with van der Waals surface area (Å²) in [6.07, 6.45) is 0. The van der Waals surface area contributed by atoms with E-state index in [1.54, 1.807) is 61.5 Å². The second kappa shape index (κ2) is 10.9. The summed E-state index contributed by atoms with van der Waals surface area (Å²) < 4.78 is 33.6. The molecular weight excluding hydrogens is 468 g/mol. The minimum atomic E-state index is -3.91. The van der Waals surface area contributed by atoms with Gasteiger partial charge in [0.15, 0.2) is 0 Å². The second-order valence-corrected chi connectivity index (χ2v) is 9.75. The van der Waals surface area contributed by atoms with Crippen LogP contribution in [0.25, 0.3) is 0 Å². The average Bonchev–Trinajstić information content (AvgIpc) is 2.80. The minimum Gasteiger partial charge on any atom is -0.497 e. The van der Waals surface area contributed by atoms with Crippen LogP contribution in [0.3, 0.4) is 0 Å². The molecule has 0 heterocycles. The van der Waals surface area contributed by atoms with E-state index in [2.05, 4.69) is 20.7 Å². The first kappa shape index (κ1) is 25.6. The number of amides is 3. The predicted octanol–water partition coefficient (Wildman–Crippen LogP) is 4.59. The van der Waals surface area contributed by atoms with Crippen molar-refractivity contribution < 1.29 is 22.7 Å². The standard InChI is InChI=1S/C25H28N4O5S/c1-16(2)26-25(31)28-20-7-5-6-18(14-20)24(30)27-21-9-8-17(3)23(15-21)35(32,33)29-19-10-12-22(34-4)13-11-19/h5-16,29H,1-4H3,(H,27,30)(H2,26,28,31). The van der Waals surface area contributed by atoms with Crippen molar-refractivity contribution in [2.75, 3.05) is 22.5 Å². The van der Waals surface area contributed by atoms with Gasteiger partial charge in [-0.15, -0.1) is 0 Å². The van der Waals surface area contributed by atoms with Gasteiger partial charge in [0.1, 0.15) is 5.75 Å². The van der Waals surface area contributed by atoms with Crippen LogP contribution in [-0.4, -0.2) is 33.5 Å². The zero-order valence-corrected chi connectivity index (χ0v) is 20.7. The molecule has 0 unspecified atom stereocenters. The highest BCUT2D eigenvalue weighted by Gasteiger charge is 2.19. The number of hydrogen-bond acceptors (Lipinski definition) is 5. The highest BCUT2D eigenvalue weighted by Crippen LogP contribution is 2.24. The summed E-state index contributed by atoms with van der Waals surface area (Å²) in [5, 5.41) is 8.10. The Bertz CT molecular complexity index is 1320. The quantitative estimate of drug-likeness (QED) is 0.363. The molecule has 3 aromatic carbocycles. The Hall–Kier alpha value is -4.05. The Morgan fingerprint density at radius 1 is 0.857 bits per heavy atom. The first-order valence-electron chi connectivity index (χ1n) is 10.8. The van der Waals surface area contributed by atoms with E-state index >= 15 is 0 Å². The number of carbonyl (C=O) groups excluding carboxylic acids is 2. The van der Waals surface area contributed by atoms with Crippen molar-refractivity contribution >= 4 is 39.0 Å². The van der Waals surface area contributed by atoms with Crippen LogP contribution in [0.2, 0.25) is 0 Å². The van der Waals surface area contributed by atoms with Crippen molar-refractivity contribution in [3.63, 3.8) is 0 Å². The van der Waals surface area contributed by atoms with E-state index in [1.807, 2.05) is 13.8 Å². The lowest BCUT2D eigenvalue weighted by molar-refractivity contribution is 0.102. The largest absolute Gasteiger partial charge is 0.497 e. The van der Waals surface area contributed by atoms with Crippen LogP contribution < -0.4 is 25.4 Å². The number of aryl methyl sites for hydroxylation is 1. The Labute approximate surface area is 204 Å². The van der Waals surface area contributed by atoms with Crippen molar-refractivity contribution in [3.05, 3.63) is 77.9 Å². The fourth-order valence-corrected chi connectivity index (χ4v) is 4.54. The molecule has 3 amide bonds. The summed E-state index contributed by atoms with van der Waals surface area (Å²) in [7, 11) is -2.39. The van der Waals surface area contributed by atoms with Crippen molar-refractivity contribution in [3.8, 4) is 5.75 Å². The smallest absolute Gasteiger partial charge is 0.319 e. The Balaban J connectivity index is 1.76. The number of carbonyl (C=O) groups is 2. The lowest BCUT2D eigenvalue weighted by Crippen LogP contribution is -2.34. The van der Waals surface area contributed by atoms with Gasteiger partial charge in [0.25, 0.3) is 15.9 Å². The predicted molar refractivity (Wildman–Crippen MR) is 137 cm³/mol. The summed E-state index contributed by atoms with van der Waals surface area (Å²) in [4.78, 5) is 24.8. The maximum atomic E-state index is 13.0. The molecule has 10 heteroatoms. The summed E-state index contributed by atoms with van der Waals surface area (Å²) in [5.74, 6) is 0.155. The molecule has 9 nitrogen and oxygen atoms in total. The average molecular weight is 497 g/mol. The molecule has 0 bridgehead atoms. The van der Waals surface area contributed by atoms with Gasteiger partial charge in [0.2, 0.25) is 0 Å². The molecule has 0 aliphatic heterocycles. The van der Waals surface area contributed by atoms with E-state index in [9.17, 15) is 18.0 Å². The van der Waals surface area contributed by atoms with E-state index in [-0.39, 0.29) is 17.0 Å². The minimum absolute atomic E-state index is 0.0342. The van der Waals surface area contributed by atoms with E-state index < -0.39 is 15.9 Å². The number of hydrogen-bond donors (Lipinski definition) is 4. The van der Waals surface area contributed by atoms with Crippen LogP contribution >= 0.6 is 0 Å². The fraction of sp³-hybridized carbons (Fsp3) is 0.200. The van der Waals surface area contributed by atoms with Crippen LogP contribution in [0.15, 0.2) is 71.6 Å². The lowest BCUT2D eigenvalue weighted by Gasteiger charge is -2.13. The normalized spacial score (nSPS) is 11.0. The zero-order valence-electron chi connectivity index (χ0n) is 19.9. The number of benzene rings is 3. The lowest BCUT2D eigenvalue weighted by atomic mass is 10.1. The molecule has 3 aromatic rings. The third-order valence-electron chi connectivity index (χ3n) is 4.88. The molecule has 184 valence electrons. The molecule has 0 saturated carbocycles. The Kier molecular flexibility index (Phi) is 7.98. The number of ether oxygens (including phenoxy) is 1. The first-order chi connectivity index (χ1) is 16.6. The highest BCUT2D eigenvalue weighted by molar-refractivity contribution is 7.92. The molecule has 0 spiro atoms. The molecule has 0 radical (unpaired) electrons. The SMILES string of the molecule is COc1ccc(NS(=O)(=O)c2cc(NC(=O)c3cccc(NC(=O)NC(C)C)c3)ccc2C)cc1. The van der Waals surface area contributed by atoms with Gasteiger partial charge in [-0.25, -0.2) is 13.2 Å². The maximum Gasteiger partial charge on any atom is 0.319 e. The van der Waals surface area contributed by atoms with E-state index in [1.165, 1.54) is 19.2 Å². The molecule has 0 aliphatic rings. The van der Waals surface area contributed by atoms with Crippen molar-refractivity contribution in [2.45, 2.75) is 31.7 Å². The highest BCUT2D eigenvalue weighted by atomic mass is 32.2. The van der Waals surface area contributed by atoms with Crippen LogP contribution in [0.1, 0.15) is 29.8 Å². The number of methoxy groups -OCH3 is 1. The Morgan fingerprint density at radius 2 is 1.51 bits per heavy atom. The monoisotopic (exact) mass is 496 g/mol. The molecule has 4 N–H and O–H groups in total. The molecule has 0 saturated heterocycles. The zero-order chi connectivity index (χ0) is 25.6. The maximum absolute atomic E-state index is 13.0. The molecular formula is C25H28N4O5S. The fourth-order valence-electron chi connectivity index (χ4n) is 3.21. The van der Waals surface area contributed by atoms with Crippen molar-refractivity contribution in [2.24, 2.45) is 0 Å². The third-order valence-corrected chi connectivity index (χ3v) is 6.40. The summed E-state index contributed by atoms with van der Waals surface area (Å²) in [6.45, 7) is 5.35. The van der Waals surface area contributed by atoms with Crippen LogP contribution in [0, 0.1) is 6.92 Å². The molecule has 3 rings (SSSR count). The van der Waals surface area contributed by atoms with E-state index in [0.29, 0.717) is 33.9 Å². The second-order valence-electron chi connectivity index (χ2n) is 8.10. The van der Waals surface area contributed by atoms with Gasteiger partial charge in [0.05, 0.1) is 12.0 Å². The van der Waals surface area contributed by atoms with E-state index in [0.717, 1.165) is 0 Å².